The van der Waals surface area contributed by atoms with Gasteiger partial charge in [0.15, 0.2) is 0 Å². The van der Waals surface area contributed by atoms with Crippen LogP contribution in [0.3, 0.4) is 0 Å². The van der Waals surface area contributed by atoms with Gasteiger partial charge in [-0.05, 0) is 13.3 Å². The summed E-state index contributed by atoms with van der Waals surface area (Å²) in [5.74, 6) is 0. The first kappa shape index (κ1) is 8.43. The van der Waals surface area contributed by atoms with Crippen molar-refractivity contribution in [3.8, 4) is 0 Å². The van der Waals surface area contributed by atoms with Crippen LogP contribution in [0.2, 0.25) is 0 Å². The van der Waals surface area contributed by atoms with Gasteiger partial charge in [-0.15, -0.1) is 0 Å². The van der Waals surface area contributed by atoms with Crippen molar-refractivity contribution < 1.29 is 9.90 Å². The van der Waals surface area contributed by atoms with E-state index in [2.05, 4.69) is 5.32 Å². The first-order chi connectivity index (χ1) is 4.22. The van der Waals surface area contributed by atoms with Crippen LogP contribution in [0.5, 0.6) is 0 Å². The fourth-order valence-electron chi connectivity index (χ4n) is 0.572. The molecule has 0 aliphatic carbocycles. The van der Waals surface area contributed by atoms with Crippen molar-refractivity contribution in [2.24, 2.45) is 0 Å². The Hall–Kier alpha value is -0.570. The van der Waals surface area contributed by atoms with E-state index in [0.717, 1.165) is 0 Å². The summed E-state index contributed by atoms with van der Waals surface area (Å²) < 4.78 is 0. The third-order valence-electron chi connectivity index (χ3n) is 1.33. The van der Waals surface area contributed by atoms with Crippen molar-refractivity contribution in [1.82, 2.24) is 5.32 Å². The average Bonchev–Trinajstić information content (AvgIpc) is 1.87. The zero-order valence-electron chi connectivity index (χ0n) is 5.79. The predicted octanol–water partition coefficient (Wildman–Crippen LogP) is -0.108. The van der Waals surface area contributed by atoms with Gasteiger partial charge in [0.05, 0.1) is 12.1 Å². The minimum absolute atomic E-state index is 0.132. The van der Waals surface area contributed by atoms with Crippen LogP contribution in [-0.4, -0.2) is 23.7 Å². The SMILES string of the molecule is CC[C@H](O)[C@@H](C)NC=O. The van der Waals surface area contributed by atoms with Crippen molar-refractivity contribution in [1.29, 1.82) is 0 Å². The van der Waals surface area contributed by atoms with Gasteiger partial charge in [0, 0.05) is 0 Å². The van der Waals surface area contributed by atoms with Gasteiger partial charge in [0.1, 0.15) is 0 Å². The third kappa shape index (κ3) is 3.08. The average molecular weight is 131 g/mol. The normalized spacial score (nSPS) is 16.3. The van der Waals surface area contributed by atoms with Crippen LogP contribution < -0.4 is 5.32 Å². The van der Waals surface area contributed by atoms with Crippen molar-refractivity contribution in [2.75, 3.05) is 0 Å². The fourth-order valence-corrected chi connectivity index (χ4v) is 0.572. The summed E-state index contributed by atoms with van der Waals surface area (Å²) in [7, 11) is 0. The van der Waals surface area contributed by atoms with Gasteiger partial charge in [0.2, 0.25) is 6.41 Å². The summed E-state index contributed by atoms with van der Waals surface area (Å²) in [5, 5.41) is 11.5. The number of hydrogen-bond acceptors (Lipinski definition) is 2. The zero-order valence-corrected chi connectivity index (χ0v) is 5.79. The standard InChI is InChI=1S/C6H13NO2/c1-3-6(9)5(2)7-4-8/h4-6,9H,3H2,1-2H3,(H,7,8)/t5-,6+/m1/s1. The van der Waals surface area contributed by atoms with E-state index in [-0.39, 0.29) is 6.04 Å². The van der Waals surface area contributed by atoms with E-state index < -0.39 is 6.10 Å². The van der Waals surface area contributed by atoms with E-state index in [9.17, 15) is 4.79 Å². The molecule has 0 bridgehead atoms. The van der Waals surface area contributed by atoms with Crippen LogP contribution in [-0.2, 0) is 4.79 Å². The summed E-state index contributed by atoms with van der Waals surface area (Å²) >= 11 is 0. The lowest BCUT2D eigenvalue weighted by Gasteiger charge is -2.15. The van der Waals surface area contributed by atoms with Crippen LogP contribution in [0.1, 0.15) is 20.3 Å². The summed E-state index contributed by atoms with van der Waals surface area (Å²) in [6.45, 7) is 3.64. The highest BCUT2D eigenvalue weighted by Gasteiger charge is 2.08. The third-order valence-corrected chi connectivity index (χ3v) is 1.33. The van der Waals surface area contributed by atoms with E-state index in [1.165, 1.54) is 0 Å². The number of rotatable bonds is 4. The Morgan fingerprint density at radius 1 is 1.78 bits per heavy atom. The van der Waals surface area contributed by atoms with Crippen molar-refractivity contribution in [3.63, 3.8) is 0 Å². The molecule has 2 atom stereocenters. The largest absolute Gasteiger partial charge is 0.391 e. The number of carbonyl (C=O) groups excluding carboxylic acids is 1. The minimum Gasteiger partial charge on any atom is -0.391 e. The molecule has 0 saturated heterocycles. The van der Waals surface area contributed by atoms with E-state index in [1.54, 1.807) is 6.92 Å². The van der Waals surface area contributed by atoms with E-state index >= 15 is 0 Å². The molecule has 3 heteroatoms. The topological polar surface area (TPSA) is 49.3 Å². The summed E-state index contributed by atoms with van der Waals surface area (Å²) in [5.41, 5.74) is 0. The molecule has 1 amide bonds. The number of amides is 1. The van der Waals surface area contributed by atoms with Gasteiger partial charge in [-0.25, -0.2) is 0 Å². The van der Waals surface area contributed by atoms with Crippen molar-refractivity contribution in [3.05, 3.63) is 0 Å². The van der Waals surface area contributed by atoms with Gasteiger partial charge in [-0.2, -0.15) is 0 Å². The molecular formula is C6H13NO2. The molecule has 0 aromatic carbocycles. The summed E-state index contributed by atoms with van der Waals surface area (Å²) in [6, 6.07) is -0.132. The Balaban J connectivity index is 3.44. The summed E-state index contributed by atoms with van der Waals surface area (Å²) in [6.07, 6.45) is 0.848. The van der Waals surface area contributed by atoms with Crippen LogP contribution in [0, 0.1) is 0 Å². The number of carbonyl (C=O) groups is 1. The molecule has 0 unspecified atom stereocenters. The Morgan fingerprint density at radius 2 is 2.33 bits per heavy atom. The lowest BCUT2D eigenvalue weighted by molar-refractivity contribution is -0.110. The maximum atomic E-state index is 9.81. The molecule has 0 rings (SSSR count). The molecule has 0 radical (unpaired) electrons. The molecule has 3 nitrogen and oxygen atoms in total. The molecule has 0 aromatic rings. The molecule has 0 fully saturated rings. The molecule has 0 spiro atoms. The van der Waals surface area contributed by atoms with E-state index in [4.69, 9.17) is 5.11 Å². The maximum absolute atomic E-state index is 9.81. The second kappa shape index (κ2) is 4.32. The highest BCUT2D eigenvalue weighted by molar-refractivity contribution is 5.46. The molecule has 9 heavy (non-hydrogen) atoms. The van der Waals surface area contributed by atoms with Gasteiger partial charge in [-0.3, -0.25) is 4.79 Å². The van der Waals surface area contributed by atoms with E-state index in [0.29, 0.717) is 12.8 Å². The highest BCUT2D eigenvalue weighted by atomic mass is 16.3. The number of aliphatic hydroxyl groups is 1. The smallest absolute Gasteiger partial charge is 0.207 e. The first-order valence-corrected chi connectivity index (χ1v) is 3.10. The maximum Gasteiger partial charge on any atom is 0.207 e. The van der Waals surface area contributed by atoms with E-state index in [1.807, 2.05) is 6.92 Å². The molecule has 0 aliphatic heterocycles. The molecule has 0 heterocycles. The Morgan fingerprint density at radius 3 is 2.67 bits per heavy atom. The minimum atomic E-state index is -0.421. The van der Waals surface area contributed by atoms with Gasteiger partial charge >= 0.3 is 0 Å². The van der Waals surface area contributed by atoms with Crippen LogP contribution >= 0.6 is 0 Å². The monoisotopic (exact) mass is 131 g/mol. The van der Waals surface area contributed by atoms with Crippen molar-refractivity contribution >= 4 is 6.41 Å². The van der Waals surface area contributed by atoms with Gasteiger partial charge < -0.3 is 10.4 Å². The van der Waals surface area contributed by atoms with Crippen molar-refractivity contribution in [2.45, 2.75) is 32.4 Å². The Bertz CT molecular complexity index is 85.1. The van der Waals surface area contributed by atoms with Crippen LogP contribution in [0.15, 0.2) is 0 Å². The number of hydrogen-bond donors (Lipinski definition) is 2. The molecular weight excluding hydrogens is 118 g/mol. The lowest BCUT2D eigenvalue weighted by Crippen LogP contribution is -2.35. The second-order valence-corrected chi connectivity index (χ2v) is 2.05. The lowest BCUT2D eigenvalue weighted by atomic mass is 10.1. The van der Waals surface area contributed by atoms with Crippen LogP contribution in [0.4, 0.5) is 0 Å². The van der Waals surface area contributed by atoms with Crippen LogP contribution in [0.25, 0.3) is 0 Å². The molecule has 2 N–H and O–H groups in total. The molecule has 0 saturated carbocycles. The zero-order chi connectivity index (χ0) is 7.28. The molecule has 0 aliphatic rings. The number of nitrogens with one attached hydrogen (secondary N) is 1. The quantitative estimate of drug-likeness (QED) is 0.523. The molecule has 54 valence electrons. The highest BCUT2D eigenvalue weighted by Crippen LogP contribution is 1.94. The fraction of sp³-hybridized carbons (Fsp3) is 0.833. The number of aliphatic hydroxyl groups excluding tert-OH is 1. The summed E-state index contributed by atoms with van der Waals surface area (Å²) in [4.78, 5) is 9.81. The van der Waals surface area contributed by atoms with Gasteiger partial charge in [-0.1, -0.05) is 6.92 Å². The molecule has 0 aromatic heterocycles. The predicted molar refractivity (Wildman–Crippen MR) is 35.0 cm³/mol. The second-order valence-electron chi connectivity index (χ2n) is 2.05. The Labute approximate surface area is 55.1 Å². The Kier molecular flexibility index (Phi) is 4.05. The van der Waals surface area contributed by atoms with Gasteiger partial charge in [0.25, 0.3) is 0 Å². The first-order valence-electron chi connectivity index (χ1n) is 3.10.